The van der Waals surface area contributed by atoms with Gasteiger partial charge in [0, 0.05) is 11.4 Å². The van der Waals surface area contributed by atoms with Gasteiger partial charge in [-0.3, -0.25) is 9.59 Å². The molecule has 6 nitrogen and oxygen atoms in total. The number of benzene rings is 2. The van der Waals surface area contributed by atoms with Gasteiger partial charge < -0.3 is 4.74 Å². The van der Waals surface area contributed by atoms with E-state index in [1.165, 1.54) is 17.8 Å². The molecule has 3 aromatic rings. The van der Waals surface area contributed by atoms with Crippen molar-refractivity contribution in [3.05, 3.63) is 68.7 Å². The van der Waals surface area contributed by atoms with Crippen LogP contribution in [0.2, 0.25) is 0 Å². The molecule has 0 unspecified atom stereocenters. The van der Waals surface area contributed by atoms with Crippen molar-refractivity contribution in [3.63, 3.8) is 0 Å². The summed E-state index contributed by atoms with van der Waals surface area (Å²) in [6.45, 7) is 3.05. The Morgan fingerprint density at radius 3 is 2.84 bits per heavy atom. The Labute approximate surface area is 151 Å². The number of hydrogen-bond donors (Lipinski definition) is 0. The van der Waals surface area contributed by atoms with E-state index in [-0.39, 0.29) is 5.56 Å². The van der Waals surface area contributed by atoms with E-state index in [0.717, 1.165) is 4.47 Å². The van der Waals surface area contributed by atoms with Gasteiger partial charge in [0.2, 0.25) is 0 Å². The average Bonchev–Trinajstić information content (AvgIpc) is 2.55. The van der Waals surface area contributed by atoms with Crippen LogP contribution >= 0.6 is 15.9 Å². The van der Waals surface area contributed by atoms with Crippen LogP contribution in [-0.4, -0.2) is 21.8 Å². The van der Waals surface area contributed by atoms with Crippen LogP contribution in [0.4, 0.5) is 0 Å². The molecule has 3 rings (SSSR count). The second-order valence-electron chi connectivity index (χ2n) is 5.35. The summed E-state index contributed by atoms with van der Waals surface area (Å²) < 4.78 is 7.08. The number of hydrogen-bond acceptors (Lipinski definition) is 5. The number of halogens is 1. The van der Waals surface area contributed by atoms with Crippen LogP contribution in [0.15, 0.2) is 56.8 Å². The first-order valence-electron chi connectivity index (χ1n) is 7.46. The number of esters is 1. The third kappa shape index (κ3) is 3.83. The topological polar surface area (TPSA) is 73.5 Å². The number of aryl methyl sites for hydroxylation is 1. The SMILES string of the molecule is CC(=O)Oc1cccc(C=Nn2c(C)nc3ccc(Br)cc3c2=O)c1. The van der Waals surface area contributed by atoms with Gasteiger partial charge in [0.15, 0.2) is 0 Å². The quantitative estimate of drug-likeness (QED) is 0.384. The van der Waals surface area contributed by atoms with Crippen molar-refractivity contribution in [1.82, 2.24) is 9.66 Å². The van der Waals surface area contributed by atoms with Gasteiger partial charge in [-0.2, -0.15) is 9.78 Å². The third-order valence-corrected chi connectivity index (χ3v) is 3.91. The Morgan fingerprint density at radius 1 is 1.28 bits per heavy atom. The summed E-state index contributed by atoms with van der Waals surface area (Å²) in [5.41, 5.74) is 1.06. The molecule has 1 heterocycles. The second-order valence-corrected chi connectivity index (χ2v) is 6.26. The van der Waals surface area contributed by atoms with E-state index in [9.17, 15) is 9.59 Å². The first kappa shape index (κ1) is 17.0. The van der Waals surface area contributed by atoms with E-state index in [2.05, 4.69) is 26.0 Å². The molecule has 0 amide bonds. The molecule has 0 spiro atoms. The van der Waals surface area contributed by atoms with Gasteiger partial charge in [-0.25, -0.2) is 4.98 Å². The van der Waals surface area contributed by atoms with Gasteiger partial charge in [-0.1, -0.05) is 28.1 Å². The molecule has 0 aliphatic carbocycles. The smallest absolute Gasteiger partial charge is 0.308 e. The summed E-state index contributed by atoms with van der Waals surface area (Å²) in [4.78, 5) is 28.1. The summed E-state index contributed by atoms with van der Waals surface area (Å²) in [5, 5.41) is 4.71. The number of ether oxygens (including phenoxy) is 1. The highest BCUT2D eigenvalue weighted by Crippen LogP contribution is 2.16. The van der Waals surface area contributed by atoms with Crippen LogP contribution in [0.5, 0.6) is 5.75 Å². The van der Waals surface area contributed by atoms with E-state index < -0.39 is 5.97 Å². The lowest BCUT2D eigenvalue weighted by Crippen LogP contribution is -2.20. The predicted molar refractivity (Wildman–Crippen MR) is 99.2 cm³/mol. The number of carbonyl (C=O) groups excluding carboxylic acids is 1. The van der Waals surface area contributed by atoms with E-state index in [4.69, 9.17) is 4.74 Å². The Hall–Kier alpha value is -2.80. The fourth-order valence-corrected chi connectivity index (χ4v) is 2.71. The fourth-order valence-electron chi connectivity index (χ4n) is 2.34. The summed E-state index contributed by atoms with van der Waals surface area (Å²) in [5.74, 6) is 0.499. The van der Waals surface area contributed by atoms with Gasteiger partial charge in [-0.15, -0.1) is 0 Å². The largest absolute Gasteiger partial charge is 0.427 e. The molecule has 0 atom stereocenters. The molecule has 0 aliphatic heterocycles. The van der Waals surface area contributed by atoms with Crippen molar-refractivity contribution in [1.29, 1.82) is 0 Å². The van der Waals surface area contributed by atoms with Crippen molar-refractivity contribution in [2.75, 3.05) is 0 Å². The Bertz CT molecular complexity index is 1060. The van der Waals surface area contributed by atoms with Crippen molar-refractivity contribution in [3.8, 4) is 5.75 Å². The van der Waals surface area contributed by atoms with Gasteiger partial charge in [0.25, 0.3) is 5.56 Å². The lowest BCUT2D eigenvalue weighted by atomic mass is 10.2. The van der Waals surface area contributed by atoms with Crippen LogP contribution in [0.3, 0.4) is 0 Å². The van der Waals surface area contributed by atoms with Crippen molar-refractivity contribution >= 4 is 39.0 Å². The predicted octanol–water partition coefficient (Wildman–Crippen LogP) is 3.27. The molecule has 0 aliphatic rings. The van der Waals surface area contributed by atoms with Crippen LogP contribution in [0, 0.1) is 6.92 Å². The van der Waals surface area contributed by atoms with Gasteiger partial charge in [0.1, 0.15) is 11.6 Å². The fraction of sp³-hybridized carbons (Fsp3) is 0.111. The highest BCUT2D eigenvalue weighted by Gasteiger charge is 2.07. The molecule has 7 heteroatoms. The summed E-state index contributed by atoms with van der Waals surface area (Å²) >= 11 is 3.36. The van der Waals surface area contributed by atoms with Crippen LogP contribution in [0.25, 0.3) is 10.9 Å². The minimum atomic E-state index is -0.398. The Balaban J connectivity index is 2.01. The van der Waals surface area contributed by atoms with Crippen molar-refractivity contribution in [2.24, 2.45) is 5.10 Å². The number of aromatic nitrogens is 2. The molecular formula is C18H14BrN3O3. The molecule has 0 N–H and O–H groups in total. The second kappa shape index (κ2) is 6.98. The highest BCUT2D eigenvalue weighted by molar-refractivity contribution is 9.10. The Morgan fingerprint density at radius 2 is 2.08 bits per heavy atom. The van der Waals surface area contributed by atoms with E-state index >= 15 is 0 Å². The average molecular weight is 400 g/mol. The molecule has 0 fully saturated rings. The van der Waals surface area contributed by atoms with Gasteiger partial charge in [-0.05, 0) is 42.8 Å². The molecule has 0 saturated carbocycles. The molecule has 0 bridgehead atoms. The molecule has 0 radical (unpaired) electrons. The number of nitrogens with zero attached hydrogens (tertiary/aromatic N) is 3. The number of rotatable bonds is 3. The first-order chi connectivity index (χ1) is 11.9. The number of fused-ring (bicyclic) bond motifs is 1. The van der Waals surface area contributed by atoms with E-state index in [1.54, 1.807) is 43.3 Å². The maximum Gasteiger partial charge on any atom is 0.308 e. The van der Waals surface area contributed by atoms with Crippen molar-refractivity contribution < 1.29 is 9.53 Å². The molecular weight excluding hydrogens is 386 g/mol. The van der Waals surface area contributed by atoms with Gasteiger partial charge >= 0.3 is 5.97 Å². The van der Waals surface area contributed by atoms with Gasteiger partial charge in [0.05, 0.1) is 17.1 Å². The molecule has 126 valence electrons. The molecule has 2 aromatic carbocycles. The molecule has 1 aromatic heterocycles. The highest BCUT2D eigenvalue weighted by atomic mass is 79.9. The minimum absolute atomic E-state index is 0.254. The monoisotopic (exact) mass is 399 g/mol. The molecule has 25 heavy (non-hydrogen) atoms. The summed E-state index contributed by atoms with van der Waals surface area (Å²) in [6.07, 6.45) is 1.52. The van der Waals surface area contributed by atoms with E-state index in [1.807, 2.05) is 6.07 Å². The summed E-state index contributed by atoms with van der Waals surface area (Å²) in [6, 6.07) is 12.2. The third-order valence-electron chi connectivity index (χ3n) is 3.41. The van der Waals surface area contributed by atoms with Crippen LogP contribution < -0.4 is 10.3 Å². The van der Waals surface area contributed by atoms with Crippen LogP contribution in [0.1, 0.15) is 18.3 Å². The zero-order valence-electron chi connectivity index (χ0n) is 13.6. The minimum Gasteiger partial charge on any atom is -0.427 e. The van der Waals surface area contributed by atoms with Crippen LogP contribution in [-0.2, 0) is 4.79 Å². The maximum atomic E-state index is 12.7. The zero-order chi connectivity index (χ0) is 18.0. The zero-order valence-corrected chi connectivity index (χ0v) is 15.1. The normalized spacial score (nSPS) is 11.2. The number of carbonyl (C=O) groups is 1. The standard InChI is InChI=1S/C18H14BrN3O3/c1-11-21-17-7-6-14(19)9-16(17)18(24)22(11)20-10-13-4-3-5-15(8-13)25-12(2)23/h3-10H,1-2H3. The van der Waals surface area contributed by atoms with Crippen molar-refractivity contribution in [2.45, 2.75) is 13.8 Å². The maximum absolute atomic E-state index is 12.7. The van der Waals surface area contributed by atoms with E-state index in [0.29, 0.717) is 28.0 Å². The lowest BCUT2D eigenvalue weighted by molar-refractivity contribution is -0.131. The summed E-state index contributed by atoms with van der Waals surface area (Å²) in [7, 11) is 0. The lowest BCUT2D eigenvalue weighted by Gasteiger charge is -2.06. The Kier molecular flexibility index (Phi) is 4.76. The molecule has 0 saturated heterocycles. The first-order valence-corrected chi connectivity index (χ1v) is 8.25.